The number of carbonyl (C=O) groups excluding carboxylic acids is 1. The van der Waals surface area contributed by atoms with Crippen molar-refractivity contribution in [2.24, 2.45) is 11.1 Å². The van der Waals surface area contributed by atoms with E-state index in [-0.39, 0.29) is 16.9 Å². The van der Waals surface area contributed by atoms with E-state index in [1.54, 1.807) is 12.5 Å². The maximum atomic E-state index is 12.4. The summed E-state index contributed by atoms with van der Waals surface area (Å²) in [5.74, 6) is -0.0855. The monoisotopic (exact) mass is 282 g/mol. The molecule has 0 aliphatic heterocycles. The van der Waals surface area contributed by atoms with Crippen LogP contribution in [0.5, 0.6) is 0 Å². The van der Waals surface area contributed by atoms with Gasteiger partial charge in [0.1, 0.15) is 0 Å². The van der Waals surface area contributed by atoms with Crippen molar-refractivity contribution in [2.75, 3.05) is 0 Å². The van der Waals surface area contributed by atoms with Crippen LogP contribution in [0.15, 0.2) is 18.7 Å². The van der Waals surface area contributed by atoms with Crippen LogP contribution in [-0.2, 0) is 11.3 Å². The summed E-state index contributed by atoms with van der Waals surface area (Å²) in [6.45, 7) is 6.49. The first kappa shape index (κ1) is 15.6. The Morgan fingerprint density at radius 2 is 2.16 bits per heavy atom. The topological polar surface area (TPSA) is 72.9 Å². The highest BCUT2D eigenvalue weighted by Crippen LogP contribution is 2.27. The standard InChI is InChI=1S/C13H22N4OS/c1-4-13(5-2,11(14)19)12(18)16-10(3)8-17-7-6-15-9-17/h6-7,9-10H,4-5,8H2,1-3H3,(H2,14,19)(H,16,18). The fourth-order valence-corrected chi connectivity index (χ4v) is 2.53. The molecule has 0 saturated carbocycles. The second-order valence-electron chi connectivity index (χ2n) is 4.79. The zero-order valence-corrected chi connectivity index (χ0v) is 12.5. The van der Waals surface area contributed by atoms with Gasteiger partial charge in [0.15, 0.2) is 0 Å². The number of thiocarbonyl (C=S) groups is 1. The van der Waals surface area contributed by atoms with Crippen LogP contribution in [0.4, 0.5) is 0 Å². The van der Waals surface area contributed by atoms with Crippen LogP contribution in [-0.4, -0.2) is 26.5 Å². The normalized spacial score (nSPS) is 13.0. The van der Waals surface area contributed by atoms with Crippen LogP contribution < -0.4 is 11.1 Å². The molecule has 19 heavy (non-hydrogen) atoms. The van der Waals surface area contributed by atoms with Gasteiger partial charge in [-0.25, -0.2) is 4.98 Å². The molecule has 1 unspecified atom stereocenters. The molecule has 5 nitrogen and oxygen atoms in total. The molecule has 106 valence electrons. The van der Waals surface area contributed by atoms with Crippen LogP contribution in [0.2, 0.25) is 0 Å². The van der Waals surface area contributed by atoms with E-state index in [0.717, 1.165) is 0 Å². The van der Waals surface area contributed by atoms with Crippen molar-refractivity contribution in [3.8, 4) is 0 Å². The molecule has 0 spiro atoms. The van der Waals surface area contributed by atoms with Crippen LogP contribution in [0.25, 0.3) is 0 Å². The molecular formula is C13H22N4OS. The molecule has 0 bridgehead atoms. The molecule has 0 aliphatic rings. The third-order valence-electron chi connectivity index (χ3n) is 3.53. The van der Waals surface area contributed by atoms with Gasteiger partial charge in [-0.3, -0.25) is 4.79 Å². The summed E-state index contributed by atoms with van der Waals surface area (Å²) >= 11 is 5.07. The van der Waals surface area contributed by atoms with Gasteiger partial charge < -0.3 is 15.6 Å². The Kier molecular flexibility index (Phi) is 5.47. The van der Waals surface area contributed by atoms with Crippen molar-refractivity contribution in [2.45, 2.75) is 46.2 Å². The smallest absolute Gasteiger partial charge is 0.233 e. The molecule has 0 saturated heterocycles. The number of imidazole rings is 1. The lowest BCUT2D eigenvalue weighted by atomic mass is 9.81. The molecule has 0 aromatic carbocycles. The minimum Gasteiger partial charge on any atom is -0.392 e. The Morgan fingerprint density at radius 3 is 2.58 bits per heavy atom. The third kappa shape index (κ3) is 3.53. The Bertz CT molecular complexity index is 426. The molecule has 0 radical (unpaired) electrons. The average molecular weight is 282 g/mol. The second kappa shape index (κ2) is 6.65. The summed E-state index contributed by atoms with van der Waals surface area (Å²) in [5.41, 5.74) is 5.02. The van der Waals surface area contributed by atoms with E-state index in [9.17, 15) is 4.79 Å². The molecule has 3 N–H and O–H groups in total. The fraction of sp³-hybridized carbons (Fsp3) is 0.615. The van der Waals surface area contributed by atoms with Crippen molar-refractivity contribution < 1.29 is 4.79 Å². The van der Waals surface area contributed by atoms with Gasteiger partial charge in [-0.2, -0.15) is 0 Å². The van der Waals surface area contributed by atoms with Crippen molar-refractivity contribution in [1.29, 1.82) is 0 Å². The van der Waals surface area contributed by atoms with Crippen molar-refractivity contribution in [3.63, 3.8) is 0 Å². The number of hydrogen-bond acceptors (Lipinski definition) is 3. The van der Waals surface area contributed by atoms with Crippen LogP contribution in [0, 0.1) is 5.41 Å². The summed E-state index contributed by atoms with van der Waals surface area (Å²) < 4.78 is 1.92. The lowest BCUT2D eigenvalue weighted by molar-refractivity contribution is -0.128. The van der Waals surface area contributed by atoms with Gasteiger partial charge >= 0.3 is 0 Å². The van der Waals surface area contributed by atoms with Crippen LogP contribution >= 0.6 is 12.2 Å². The first-order chi connectivity index (χ1) is 8.96. The highest BCUT2D eigenvalue weighted by molar-refractivity contribution is 7.80. The Hall–Kier alpha value is -1.43. The number of nitrogens with two attached hydrogens (primary N) is 1. The average Bonchev–Trinajstić information content (AvgIpc) is 2.83. The molecule has 1 aromatic heterocycles. The zero-order valence-electron chi connectivity index (χ0n) is 11.7. The number of nitrogens with one attached hydrogen (secondary N) is 1. The molecule has 0 aliphatic carbocycles. The van der Waals surface area contributed by atoms with Crippen LogP contribution in [0.3, 0.4) is 0 Å². The molecule has 0 fully saturated rings. The van der Waals surface area contributed by atoms with Crippen LogP contribution in [0.1, 0.15) is 33.6 Å². The highest BCUT2D eigenvalue weighted by atomic mass is 32.1. The number of aromatic nitrogens is 2. The van der Waals surface area contributed by atoms with Gasteiger partial charge in [-0.15, -0.1) is 0 Å². The first-order valence-electron chi connectivity index (χ1n) is 6.52. The van der Waals surface area contributed by atoms with E-state index in [2.05, 4.69) is 10.3 Å². The summed E-state index contributed by atoms with van der Waals surface area (Å²) in [5, 5.41) is 2.99. The number of amides is 1. The SMILES string of the molecule is CCC(CC)(C(=O)NC(C)Cn1ccnc1)C(N)=S. The Labute approximate surface area is 119 Å². The zero-order chi connectivity index (χ0) is 14.5. The lowest BCUT2D eigenvalue weighted by Gasteiger charge is -2.30. The predicted molar refractivity (Wildman–Crippen MR) is 79.6 cm³/mol. The van der Waals surface area contributed by atoms with E-state index in [0.29, 0.717) is 19.4 Å². The molecular weight excluding hydrogens is 260 g/mol. The Morgan fingerprint density at radius 1 is 1.53 bits per heavy atom. The first-order valence-corrected chi connectivity index (χ1v) is 6.93. The largest absolute Gasteiger partial charge is 0.392 e. The minimum atomic E-state index is -0.738. The van der Waals surface area contributed by atoms with Gasteiger partial charge in [0.05, 0.1) is 16.7 Å². The van der Waals surface area contributed by atoms with E-state index < -0.39 is 5.41 Å². The maximum Gasteiger partial charge on any atom is 0.233 e. The number of carbonyl (C=O) groups is 1. The third-order valence-corrected chi connectivity index (χ3v) is 3.93. The molecule has 1 amide bonds. The van der Waals surface area contributed by atoms with Gasteiger partial charge in [-0.1, -0.05) is 26.1 Å². The van der Waals surface area contributed by atoms with E-state index in [1.807, 2.05) is 31.5 Å². The molecule has 6 heteroatoms. The second-order valence-corrected chi connectivity index (χ2v) is 5.23. The summed E-state index contributed by atoms with van der Waals surface area (Å²) in [6, 6.07) is -0.00600. The Balaban J connectivity index is 2.69. The summed E-state index contributed by atoms with van der Waals surface area (Å²) in [4.78, 5) is 16.6. The molecule has 1 heterocycles. The van der Waals surface area contributed by atoms with Gasteiger partial charge in [-0.05, 0) is 19.8 Å². The van der Waals surface area contributed by atoms with E-state index in [1.165, 1.54) is 0 Å². The lowest BCUT2D eigenvalue weighted by Crippen LogP contribution is -2.51. The molecule has 1 rings (SSSR count). The fourth-order valence-electron chi connectivity index (χ4n) is 2.15. The number of rotatable bonds is 7. The highest BCUT2D eigenvalue weighted by Gasteiger charge is 2.38. The van der Waals surface area contributed by atoms with Crippen molar-refractivity contribution in [1.82, 2.24) is 14.9 Å². The molecule has 1 aromatic rings. The van der Waals surface area contributed by atoms with Gasteiger partial charge in [0.2, 0.25) is 5.91 Å². The predicted octanol–water partition coefficient (Wildman–Crippen LogP) is 1.48. The summed E-state index contributed by atoms with van der Waals surface area (Å²) in [6.07, 6.45) is 6.53. The van der Waals surface area contributed by atoms with E-state index >= 15 is 0 Å². The number of nitrogens with zero attached hydrogens (tertiary/aromatic N) is 2. The minimum absolute atomic E-state index is 0.00600. The van der Waals surface area contributed by atoms with Crippen molar-refractivity contribution >= 4 is 23.1 Å². The maximum absolute atomic E-state index is 12.4. The van der Waals surface area contributed by atoms with Gasteiger partial charge in [0, 0.05) is 25.0 Å². The van der Waals surface area contributed by atoms with Crippen molar-refractivity contribution in [3.05, 3.63) is 18.7 Å². The number of hydrogen-bond donors (Lipinski definition) is 2. The molecule has 1 atom stereocenters. The van der Waals surface area contributed by atoms with Gasteiger partial charge in [0.25, 0.3) is 0 Å². The quantitative estimate of drug-likeness (QED) is 0.743. The summed E-state index contributed by atoms with van der Waals surface area (Å²) in [7, 11) is 0. The van der Waals surface area contributed by atoms with E-state index in [4.69, 9.17) is 18.0 Å².